The van der Waals surface area contributed by atoms with E-state index in [-0.39, 0.29) is 24.0 Å². The first-order valence-corrected chi connectivity index (χ1v) is 8.34. The van der Waals surface area contributed by atoms with Gasteiger partial charge in [0.25, 0.3) is 0 Å². The zero-order valence-electron chi connectivity index (χ0n) is 13.2. The van der Waals surface area contributed by atoms with E-state index in [0.717, 1.165) is 32.1 Å². The second-order valence-corrected chi connectivity index (χ2v) is 5.96. The number of thiophene rings is 1. The Bertz CT molecular complexity index is 522. The minimum Gasteiger partial charge on any atom is -0.357 e. The summed E-state index contributed by atoms with van der Waals surface area (Å²) in [6, 6.07) is 8.36. The molecule has 0 aromatic carbocycles. The first-order valence-electron chi connectivity index (χ1n) is 7.46. The number of halogens is 1. The minimum atomic E-state index is 0. The first-order chi connectivity index (χ1) is 10.3. The third kappa shape index (κ3) is 6.39. The van der Waals surface area contributed by atoms with Crippen LogP contribution in [-0.4, -0.2) is 30.2 Å². The van der Waals surface area contributed by atoms with Crippen LogP contribution in [0.15, 0.2) is 47.0 Å². The summed E-state index contributed by atoms with van der Waals surface area (Å²) in [4.78, 5) is 6.07. The van der Waals surface area contributed by atoms with Crippen LogP contribution in [0.5, 0.6) is 0 Å². The predicted octanol–water partition coefficient (Wildman–Crippen LogP) is 3.53. The smallest absolute Gasteiger partial charge is 0.191 e. The lowest BCUT2D eigenvalue weighted by Gasteiger charge is -2.13. The molecular formula is C16H25IN4S. The van der Waals surface area contributed by atoms with Gasteiger partial charge in [0.15, 0.2) is 5.96 Å². The minimum absolute atomic E-state index is 0. The molecule has 0 radical (unpaired) electrons. The second kappa shape index (κ2) is 10.7. The number of nitrogens with zero attached hydrogens (tertiary/aromatic N) is 2. The van der Waals surface area contributed by atoms with Gasteiger partial charge in [0.05, 0.1) is 6.54 Å². The summed E-state index contributed by atoms with van der Waals surface area (Å²) >= 11 is 1.80. The average molecular weight is 432 g/mol. The van der Waals surface area contributed by atoms with Crippen LogP contribution >= 0.6 is 35.3 Å². The molecule has 2 rings (SSSR count). The van der Waals surface area contributed by atoms with E-state index in [1.165, 1.54) is 4.88 Å². The zero-order valence-corrected chi connectivity index (χ0v) is 16.3. The summed E-state index contributed by atoms with van der Waals surface area (Å²) in [6.07, 6.45) is 4.15. The lowest BCUT2D eigenvalue weighted by molar-refractivity contribution is 0.663. The van der Waals surface area contributed by atoms with Gasteiger partial charge in [0.1, 0.15) is 0 Å². The molecule has 0 amide bonds. The first kappa shape index (κ1) is 19.0. The summed E-state index contributed by atoms with van der Waals surface area (Å²) < 4.78 is 2.16. The highest BCUT2D eigenvalue weighted by Gasteiger charge is 2.06. The number of aromatic nitrogens is 1. The lowest BCUT2D eigenvalue weighted by atomic mass is 10.1. The van der Waals surface area contributed by atoms with Crippen LogP contribution in [0.25, 0.3) is 0 Å². The van der Waals surface area contributed by atoms with Crippen molar-refractivity contribution in [1.29, 1.82) is 0 Å². The fraction of sp³-hybridized carbons (Fsp3) is 0.438. The van der Waals surface area contributed by atoms with E-state index in [1.54, 1.807) is 11.3 Å². The van der Waals surface area contributed by atoms with E-state index in [9.17, 15) is 0 Å². The van der Waals surface area contributed by atoms with Gasteiger partial charge in [-0.25, -0.2) is 0 Å². The Kier molecular flexibility index (Phi) is 9.22. The molecule has 0 aliphatic heterocycles. The highest BCUT2D eigenvalue weighted by atomic mass is 127. The van der Waals surface area contributed by atoms with Gasteiger partial charge in [-0.1, -0.05) is 13.0 Å². The van der Waals surface area contributed by atoms with E-state index in [1.807, 2.05) is 12.1 Å². The summed E-state index contributed by atoms with van der Waals surface area (Å²) in [6.45, 7) is 7.80. The Balaban J connectivity index is 0.00000242. The molecule has 2 N–H and O–H groups in total. The summed E-state index contributed by atoms with van der Waals surface area (Å²) in [5.74, 6) is 1.36. The third-order valence-corrected chi connectivity index (χ3v) is 4.33. The maximum Gasteiger partial charge on any atom is 0.191 e. The molecule has 0 bridgehead atoms. The van der Waals surface area contributed by atoms with E-state index >= 15 is 0 Å². The Labute approximate surface area is 154 Å². The summed E-state index contributed by atoms with van der Waals surface area (Å²) in [5.41, 5.74) is 0. The van der Waals surface area contributed by atoms with Crippen molar-refractivity contribution in [2.75, 3.05) is 19.6 Å². The fourth-order valence-electron chi connectivity index (χ4n) is 2.05. The maximum absolute atomic E-state index is 4.68. The van der Waals surface area contributed by atoms with Crippen molar-refractivity contribution in [1.82, 2.24) is 15.2 Å². The van der Waals surface area contributed by atoms with Crippen molar-refractivity contribution >= 4 is 41.3 Å². The molecule has 2 heterocycles. The second-order valence-electron chi connectivity index (χ2n) is 4.98. The molecule has 1 unspecified atom stereocenters. The quantitative estimate of drug-likeness (QED) is 0.400. The van der Waals surface area contributed by atoms with Crippen molar-refractivity contribution in [3.8, 4) is 0 Å². The molecule has 0 spiro atoms. The van der Waals surface area contributed by atoms with Gasteiger partial charge in [-0.05, 0) is 30.5 Å². The maximum atomic E-state index is 4.68. The molecule has 0 aliphatic carbocycles. The van der Waals surface area contributed by atoms with Crippen molar-refractivity contribution in [2.24, 2.45) is 4.99 Å². The molecular weight excluding hydrogens is 407 g/mol. The van der Waals surface area contributed by atoms with Gasteiger partial charge in [0.2, 0.25) is 0 Å². The SMILES string of the molecule is CCNC(=NCC(C)c1cccs1)NCCn1cccc1.I. The fourth-order valence-corrected chi connectivity index (χ4v) is 2.83. The monoisotopic (exact) mass is 432 g/mol. The molecule has 2 aromatic rings. The topological polar surface area (TPSA) is 41.4 Å². The summed E-state index contributed by atoms with van der Waals surface area (Å²) in [5, 5.41) is 8.80. The lowest BCUT2D eigenvalue weighted by Crippen LogP contribution is -2.39. The Morgan fingerprint density at radius 3 is 2.68 bits per heavy atom. The molecule has 0 saturated heterocycles. The number of hydrogen-bond acceptors (Lipinski definition) is 2. The van der Waals surface area contributed by atoms with E-state index < -0.39 is 0 Å². The molecule has 0 aliphatic rings. The molecule has 4 nitrogen and oxygen atoms in total. The molecule has 2 aromatic heterocycles. The van der Waals surface area contributed by atoms with Crippen LogP contribution in [0.2, 0.25) is 0 Å². The van der Waals surface area contributed by atoms with Gasteiger partial charge in [-0.2, -0.15) is 0 Å². The number of hydrogen-bond donors (Lipinski definition) is 2. The van der Waals surface area contributed by atoms with Crippen LogP contribution < -0.4 is 10.6 Å². The van der Waals surface area contributed by atoms with Crippen LogP contribution in [0.1, 0.15) is 24.6 Å². The normalized spacial score (nSPS) is 12.5. The molecule has 6 heteroatoms. The van der Waals surface area contributed by atoms with Crippen LogP contribution in [0.4, 0.5) is 0 Å². The van der Waals surface area contributed by atoms with E-state index in [0.29, 0.717) is 5.92 Å². The van der Waals surface area contributed by atoms with Gasteiger partial charge in [-0.3, -0.25) is 4.99 Å². The van der Waals surface area contributed by atoms with Crippen molar-refractivity contribution in [2.45, 2.75) is 26.3 Å². The molecule has 0 fully saturated rings. The van der Waals surface area contributed by atoms with Crippen LogP contribution in [-0.2, 0) is 6.54 Å². The number of rotatable bonds is 7. The Hall–Kier alpha value is -1.02. The van der Waals surface area contributed by atoms with Crippen LogP contribution in [0, 0.1) is 0 Å². The number of guanidine groups is 1. The molecule has 0 saturated carbocycles. The Morgan fingerprint density at radius 1 is 1.27 bits per heavy atom. The largest absolute Gasteiger partial charge is 0.357 e. The van der Waals surface area contributed by atoms with E-state index in [2.05, 4.69) is 63.9 Å². The van der Waals surface area contributed by atoms with Gasteiger partial charge in [-0.15, -0.1) is 35.3 Å². The molecule has 22 heavy (non-hydrogen) atoms. The van der Waals surface area contributed by atoms with Crippen molar-refractivity contribution in [3.63, 3.8) is 0 Å². The highest BCUT2D eigenvalue weighted by molar-refractivity contribution is 14.0. The molecule has 1 atom stereocenters. The molecule has 122 valence electrons. The van der Waals surface area contributed by atoms with E-state index in [4.69, 9.17) is 0 Å². The standard InChI is InChI=1S/C16H24N4S.HI/c1-3-17-16(18-8-11-20-9-4-5-10-20)19-13-14(2)15-7-6-12-21-15;/h4-7,9-10,12,14H,3,8,11,13H2,1-2H3,(H2,17,18,19);1H. The zero-order chi connectivity index (χ0) is 14.9. The van der Waals surface area contributed by atoms with Crippen molar-refractivity contribution in [3.05, 3.63) is 46.9 Å². The van der Waals surface area contributed by atoms with Gasteiger partial charge >= 0.3 is 0 Å². The highest BCUT2D eigenvalue weighted by Crippen LogP contribution is 2.20. The van der Waals surface area contributed by atoms with Gasteiger partial charge < -0.3 is 15.2 Å². The average Bonchev–Trinajstić information content (AvgIpc) is 3.17. The van der Waals surface area contributed by atoms with Crippen molar-refractivity contribution < 1.29 is 0 Å². The van der Waals surface area contributed by atoms with Crippen LogP contribution in [0.3, 0.4) is 0 Å². The third-order valence-electron chi connectivity index (χ3n) is 3.23. The number of nitrogens with one attached hydrogen (secondary N) is 2. The number of aliphatic imine (C=N–C) groups is 1. The summed E-state index contributed by atoms with van der Waals surface area (Å²) in [7, 11) is 0. The Morgan fingerprint density at radius 2 is 2.05 bits per heavy atom. The predicted molar refractivity (Wildman–Crippen MR) is 107 cm³/mol. The van der Waals surface area contributed by atoms with Gasteiger partial charge in [0, 0.05) is 42.8 Å².